The highest BCUT2D eigenvalue weighted by atomic mass is 32.1. The van der Waals surface area contributed by atoms with Gasteiger partial charge in [0, 0.05) is 124 Å². The SMILES string of the molecule is O=P(c1ccccc1)(c1ccccc1)c1ccc(-c2cc(-c3cccc(-c4cccc5c4nc(-c4ccccc4)c4cccc(-c6ccccc6)c45)c3)nc(-c3ccccc3)n2)cc1.c1ccc(-c2nc(-c3ccc(-c4cccc5c4sc4ccccc45)cc3)cc(-c3cccc(-c4cccc5c4nc(-c4ccccc4)c4cccc(-c6ccccc6)c45)c3)n2)cc1. The average molecular weight is 1660 g/mol. The molecule has 18 aromatic carbocycles. The van der Waals surface area contributed by atoms with E-state index in [0.29, 0.717) is 11.6 Å². The van der Waals surface area contributed by atoms with Crippen molar-refractivity contribution >= 4 is 97.9 Å². The molecule has 9 heteroatoms. The zero-order valence-corrected chi connectivity index (χ0v) is 70.6. The molecule has 0 aliphatic carbocycles. The molecule has 0 amide bonds. The molecule has 0 spiro atoms. The minimum absolute atomic E-state index is 0.626. The molecule has 0 unspecified atom stereocenters. The van der Waals surface area contributed by atoms with Crippen molar-refractivity contribution in [1.29, 1.82) is 0 Å². The van der Waals surface area contributed by atoms with Crippen LogP contribution in [0.2, 0.25) is 0 Å². The van der Waals surface area contributed by atoms with E-state index in [9.17, 15) is 0 Å². The van der Waals surface area contributed by atoms with Crippen molar-refractivity contribution < 1.29 is 4.57 Å². The smallest absolute Gasteiger partial charge is 0.171 e. The number of para-hydroxylation sites is 2. The second kappa shape index (κ2) is 33.6. The summed E-state index contributed by atoms with van der Waals surface area (Å²) < 4.78 is 17.8. The van der Waals surface area contributed by atoms with Gasteiger partial charge in [-0.05, 0) is 74.8 Å². The minimum Gasteiger partial charge on any atom is -0.309 e. The lowest BCUT2D eigenvalue weighted by molar-refractivity contribution is 0.592. The molecule has 23 aromatic rings. The van der Waals surface area contributed by atoms with Gasteiger partial charge in [0.15, 0.2) is 18.8 Å². The molecule has 0 aliphatic heterocycles. The summed E-state index contributed by atoms with van der Waals surface area (Å²) in [5.41, 5.74) is 26.4. The van der Waals surface area contributed by atoms with Crippen LogP contribution in [0.25, 0.3) is 209 Å². The number of thiophene rings is 1. The molecule has 5 aromatic heterocycles. The number of benzene rings is 18. The Balaban J connectivity index is 0.000000150. The topological polar surface area (TPSA) is 94.4 Å². The van der Waals surface area contributed by atoms with Gasteiger partial charge in [-0.1, -0.05) is 437 Å². The van der Waals surface area contributed by atoms with E-state index in [1.807, 2.05) is 151 Å². The lowest BCUT2D eigenvalue weighted by Gasteiger charge is -2.20. The van der Waals surface area contributed by atoms with Crippen molar-refractivity contribution in [3.05, 3.63) is 467 Å². The fraction of sp³-hybridized carbons (Fsp3) is 0. The van der Waals surface area contributed by atoms with E-state index in [-0.39, 0.29) is 0 Å². The highest BCUT2D eigenvalue weighted by molar-refractivity contribution is 7.85. The Kier molecular flexibility index (Phi) is 20.4. The van der Waals surface area contributed by atoms with Crippen LogP contribution in [0.3, 0.4) is 0 Å². The zero-order valence-electron chi connectivity index (χ0n) is 68.9. The first-order valence-corrected chi connectivity index (χ1v) is 45.2. The fourth-order valence-corrected chi connectivity index (χ4v) is 21.8. The Labute approximate surface area is 740 Å². The van der Waals surface area contributed by atoms with Gasteiger partial charge in [0.2, 0.25) is 0 Å². The summed E-state index contributed by atoms with van der Waals surface area (Å²) in [5, 5.41) is 11.8. The standard InChI is InChI=1S/C59H40N3OP.C59H37N3S/c63-64(47-27-12-4-13-28-47,48-29-14-5-15-30-48)49-37-35-42(36-38-49)54-40-55(61-59(60-54)44-23-10-3-11-24-44)46-26-16-25-45(39-46)51-32-18-34-53-56-50(41-19-6-1-7-20-41)31-17-33-52(56)57(62-58(51)53)43-21-8-2-9-22-43;1-4-16-38(17-5-1)45-25-13-29-50-55(45)51-30-14-26-46(57(51)62-56(50)41-18-6-2-7-19-41)43-22-12-23-44(36-43)53-37-52(60-59(61-53)42-20-8-3-9-21-42)40-34-32-39(33-35-40)47-27-15-28-49-48-24-10-11-31-54(48)63-58(47)49/h1-40H;1-37H. The second-order valence-electron chi connectivity index (χ2n) is 31.7. The molecule has 5 heterocycles. The number of hydrogen-bond acceptors (Lipinski definition) is 8. The molecule has 7 nitrogen and oxygen atoms in total. The summed E-state index contributed by atoms with van der Waals surface area (Å²) in [7, 11) is -3.15. The number of nitrogens with zero attached hydrogens (tertiary/aromatic N) is 6. The van der Waals surface area contributed by atoms with Gasteiger partial charge in [-0.15, -0.1) is 11.3 Å². The van der Waals surface area contributed by atoms with Crippen molar-refractivity contribution in [2.24, 2.45) is 0 Å². The van der Waals surface area contributed by atoms with Crippen molar-refractivity contribution in [3.8, 4) is 146 Å². The van der Waals surface area contributed by atoms with Gasteiger partial charge in [0.25, 0.3) is 0 Å². The summed E-state index contributed by atoms with van der Waals surface area (Å²) >= 11 is 1.86. The molecule has 0 bridgehead atoms. The first kappa shape index (κ1) is 77.0. The maximum atomic E-state index is 15.2. The molecular formula is C118H77N6OPS. The van der Waals surface area contributed by atoms with E-state index in [4.69, 9.17) is 29.9 Å². The van der Waals surface area contributed by atoms with Crippen LogP contribution in [0.5, 0.6) is 0 Å². The van der Waals surface area contributed by atoms with Crippen molar-refractivity contribution in [2.45, 2.75) is 0 Å². The number of hydrogen-bond donors (Lipinski definition) is 0. The molecule has 0 aliphatic rings. The quantitative estimate of drug-likeness (QED) is 0.0702. The van der Waals surface area contributed by atoms with Crippen LogP contribution in [0.1, 0.15) is 0 Å². The van der Waals surface area contributed by atoms with Gasteiger partial charge in [0.05, 0.1) is 45.2 Å². The summed E-state index contributed by atoms with van der Waals surface area (Å²) in [6.07, 6.45) is 0. The lowest BCUT2D eigenvalue weighted by Crippen LogP contribution is -2.24. The average Bonchev–Trinajstić information content (AvgIpc) is 1.27. The Bertz CT molecular complexity index is 8070. The van der Waals surface area contributed by atoms with Gasteiger partial charge < -0.3 is 4.57 Å². The maximum absolute atomic E-state index is 15.2. The third-order valence-corrected chi connectivity index (χ3v) is 28.4. The molecular weight excluding hydrogens is 1580 g/mol. The van der Waals surface area contributed by atoms with Crippen LogP contribution in [-0.4, -0.2) is 29.9 Å². The third-order valence-electron chi connectivity index (χ3n) is 24.1. The van der Waals surface area contributed by atoms with Crippen LogP contribution in [0, 0.1) is 0 Å². The van der Waals surface area contributed by atoms with Crippen LogP contribution in [0.15, 0.2) is 467 Å². The van der Waals surface area contributed by atoms with Gasteiger partial charge in [-0.2, -0.15) is 0 Å². The first-order chi connectivity index (χ1) is 62.8. The fourth-order valence-electron chi connectivity index (χ4n) is 17.9. The third kappa shape index (κ3) is 14.7. The summed E-state index contributed by atoms with van der Waals surface area (Å²) in [6.45, 7) is 0. The van der Waals surface area contributed by atoms with E-state index in [0.717, 1.165) is 155 Å². The van der Waals surface area contributed by atoms with Crippen molar-refractivity contribution in [3.63, 3.8) is 0 Å². The van der Waals surface area contributed by atoms with Crippen molar-refractivity contribution in [2.75, 3.05) is 0 Å². The Hall–Kier alpha value is -16.1. The summed E-state index contributed by atoms with van der Waals surface area (Å²) in [5.74, 6) is 1.31. The Morgan fingerprint density at radius 3 is 0.913 bits per heavy atom. The predicted molar refractivity (Wildman–Crippen MR) is 533 cm³/mol. The van der Waals surface area contributed by atoms with E-state index < -0.39 is 7.14 Å². The second-order valence-corrected chi connectivity index (χ2v) is 35.6. The van der Waals surface area contributed by atoms with E-state index >= 15 is 4.57 Å². The van der Waals surface area contributed by atoms with Crippen molar-refractivity contribution in [1.82, 2.24) is 29.9 Å². The van der Waals surface area contributed by atoms with Crippen LogP contribution in [-0.2, 0) is 4.57 Å². The van der Waals surface area contributed by atoms with Gasteiger partial charge in [-0.25, -0.2) is 29.9 Å². The number of aromatic nitrogens is 6. The van der Waals surface area contributed by atoms with Crippen LogP contribution >= 0.6 is 18.5 Å². The summed E-state index contributed by atoms with van der Waals surface area (Å²) in [4.78, 5) is 31.8. The molecule has 0 saturated carbocycles. The Morgan fingerprint density at radius 2 is 0.480 bits per heavy atom. The van der Waals surface area contributed by atoms with Crippen LogP contribution < -0.4 is 15.9 Å². The molecule has 0 N–H and O–H groups in total. The van der Waals surface area contributed by atoms with Gasteiger partial charge in [-0.3, -0.25) is 0 Å². The van der Waals surface area contributed by atoms with E-state index in [1.54, 1.807) is 0 Å². The minimum atomic E-state index is -3.15. The molecule has 0 radical (unpaired) electrons. The van der Waals surface area contributed by atoms with Gasteiger partial charge >= 0.3 is 0 Å². The zero-order chi connectivity index (χ0) is 84.6. The number of rotatable bonds is 16. The van der Waals surface area contributed by atoms with Gasteiger partial charge in [0.1, 0.15) is 0 Å². The Morgan fingerprint density at radius 1 is 0.189 bits per heavy atom. The lowest BCUT2D eigenvalue weighted by atomic mass is 9.91. The van der Waals surface area contributed by atoms with E-state index in [1.165, 1.54) is 58.8 Å². The normalized spacial score (nSPS) is 11.5. The number of pyridine rings is 2. The van der Waals surface area contributed by atoms with E-state index in [2.05, 4.69) is 328 Å². The largest absolute Gasteiger partial charge is 0.309 e. The molecule has 127 heavy (non-hydrogen) atoms. The molecule has 23 rings (SSSR count). The summed E-state index contributed by atoms with van der Waals surface area (Å²) in [6, 6.07) is 162. The highest BCUT2D eigenvalue weighted by Crippen LogP contribution is 2.48. The monoisotopic (exact) mass is 1660 g/mol. The molecule has 0 saturated heterocycles. The molecule has 0 atom stereocenters. The first-order valence-electron chi connectivity index (χ1n) is 42.7. The molecule has 596 valence electrons. The maximum Gasteiger partial charge on any atom is 0.171 e. The molecule has 0 fully saturated rings. The number of fused-ring (bicyclic) bond motifs is 9. The van der Waals surface area contributed by atoms with Crippen LogP contribution in [0.4, 0.5) is 0 Å². The predicted octanol–water partition coefficient (Wildman–Crippen LogP) is 30.0. The highest BCUT2D eigenvalue weighted by Gasteiger charge is 2.30.